The first-order valence-corrected chi connectivity index (χ1v) is 5.83. The van der Waals surface area contributed by atoms with Gasteiger partial charge in [0.25, 0.3) is 0 Å². The van der Waals surface area contributed by atoms with E-state index in [2.05, 4.69) is 10.6 Å². The zero-order valence-corrected chi connectivity index (χ0v) is 9.84. The minimum atomic E-state index is -1.14. The summed E-state index contributed by atoms with van der Waals surface area (Å²) in [5.41, 5.74) is -0.00680. The first-order chi connectivity index (χ1) is 8.04. The number of aliphatic carboxylic acids is 1. The standard InChI is InChI=1S/C9H11N3O4S/c1-10-9(16)11-3-4-7(8(14)15)12-5(13)2-6(12)17-4/h6H,2-3H2,1H3,(H,14,15)(H2,10,11,16)/t6-/m1/s1. The summed E-state index contributed by atoms with van der Waals surface area (Å²) >= 11 is 1.31. The molecule has 0 aromatic rings. The van der Waals surface area contributed by atoms with Crippen LogP contribution >= 0.6 is 11.8 Å². The van der Waals surface area contributed by atoms with Gasteiger partial charge in [0.15, 0.2) is 0 Å². The molecule has 1 fully saturated rings. The average Bonchev–Trinajstić information content (AvgIpc) is 2.58. The zero-order valence-electron chi connectivity index (χ0n) is 9.02. The summed E-state index contributed by atoms with van der Waals surface area (Å²) < 4.78 is 0. The summed E-state index contributed by atoms with van der Waals surface area (Å²) in [7, 11) is 1.47. The lowest BCUT2D eigenvalue weighted by molar-refractivity contribution is -0.145. The van der Waals surface area contributed by atoms with Crippen LogP contribution in [0.5, 0.6) is 0 Å². The number of hydrogen-bond acceptors (Lipinski definition) is 4. The molecule has 1 saturated heterocycles. The van der Waals surface area contributed by atoms with Crippen LogP contribution in [0.3, 0.4) is 0 Å². The van der Waals surface area contributed by atoms with Crippen LogP contribution in [-0.4, -0.2) is 46.9 Å². The van der Waals surface area contributed by atoms with E-state index in [0.29, 0.717) is 11.3 Å². The van der Waals surface area contributed by atoms with Crippen molar-refractivity contribution in [2.75, 3.05) is 13.6 Å². The Morgan fingerprint density at radius 1 is 1.59 bits per heavy atom. The highest BCUT2D eigenvalue weighted by Crippen LogP contribution is 2.45. The van der Waals surface area contributed by atoms with E-state index in [9.17, 15) is 14.4 Å². The van der Waals surface area contributed by atoms with Gasteiger partial charge < -0.3 is 15.7 Å². The molecular formula is C9H11N3O4S. The molecule has 92 valence electrons. The third-order valence-corrected chi connectivity index (χ3v) is 3.80. The van der Waals surface area contributed by atoms with E-state index >= 15 is 0 Å². The molecule has 17 heavy (non-hydrogen) atoms. The lowest BCUT2D eigenvalue weighted by atomic mass is 10.1. The van der Waals surface area contributed by atoms with Crippen LogP contribution in [0, 0.1) is 0 Å². The topological polar surface area (TPSA) is 98.7 Å². The molecule has 0 aliphatic carbocycles. The molecule has 0 radical (unpaired) electrons. The number of β-lactam (4-membered cyclic amide) rings is 1. The highest BCUT2D eigenvalue weighted by atomic mass is 32.2. The Hall–Kier alpha value is -1.70. The zero-order chi connectivity index (χ0) is 12.6. The minimum absolute atomic E-state index is 0.00680. The van der Waals surface area contributed by atoms with Gasteiger partial charge in [-0.2, -0.15) is 0 Å². The number of nitrogens with one attached hydrogen (secondary N) is 2. The van der Waals surface area contributed by atoms with Crippen molar-refractivity contribution < 1.29 is 19.5 Å². The number of carboxylic acids is 1. The van der Waals surface area contributed by atoms with Crippen LogP contribution in [-0.2, 0) is 9.59 Å². The Bertz CT molecular complexity index is 434. The van der Waals surface area contributed by atoms with Gasteiger partial charge in [0.05, 0.1) is 18.3 Å². The molecule has 2 aliphatic heterocycles. The van der Waals surface area contributed by atoms with Crippen molar-refractivity contribution in [1.29, 1.82) is 0 Å². The maximum atomic E-state index is 11.3. The first-order valence-electron chi connectivity index (χ1n) is 4.95. The van der Waals surface area contributed by atoms with E-state index in [1.807, 2.05) is 0 Å². The van der Waals surface area contributed by atoms with Gasteiger partial charge in [0, 0.05) is 12.0 Å². The Balaban J connectivity index is 2.12. The van der Waals surface area contributed by atoms with Gasteiger partial charge in [-0.25, -0.2) is 9.59 Å². The Morgan fingerprint density at radius 3 is 2.82 bits per heavy atom. The van der Waals surface area contributed by atoms with Gasteiger partial charge in [0.1, 0.15) is 5.70 Å². The second-order valence-corrected chi connectivity index (χ2v) is 4.82. The largest absolute Gasteiger partial charge is 0.477 e. The fourth-order valence-corrected chi connectivity index (χ4v) is 3.04. The lowest BCUT2D eigenvalue weighted by Crippen LogP contribution is -2.48. The van der Waals surface area contributed by atoms with E-state index in [1.54, 1.807) is 0 Å². The number of hydrogen-bond donors (Lipinski definition) is 3. The maximum Gasteiger partial charge on any atom is 0.353 e. The third kappa shape index (κ3) is 1.95. The summed E-state index contributed by atoms with van der Waals surface area (Å²) in [5.74, 6) is -1.32. The number of rotatable bonds is 3. The predicted molar refractivity (Wildman–Crippen MR) is 60.0 cm³/mol. The van der Waals surface area contributed by atoms with E-state index in [0.717, 1.165) is 0 Å². The number of nitrogens with zero attached hydrogens (tertiary/aromatic N) is 1. The van der Waals surface area contributed by atoms with Crippen LogP contribution in [0.25, 0.3) is 0 Å². The molecule has 0 bridgehead atoms. The quantitative estimate of drug-likeness (QED) is 0.593. The molecule has 0 saturated carbocycles. The lowest BCUT2D eigenvalue weighted by Gasteiger charge is -2.33. The summed E-state index contributed by atoms with van der Waals surface area (Å²) in [4.78, 5) is 35.1. The van der Waals surface area contributed by atoms with E-state index < -0.39 is 5.97 Å². The average molecular weight is 257 g/mol. The molecule has 2 heterocycles. The molecule has 0 aromatic carbocycles. The minimum Gasteiger partial charge on any atom is -0.477 e. The van der Waals surface area contributed by atoms with Crippen molar-refractivity contribution in [1.82, 2.24) is 15.5 Å². The summed E-state index contributed by atoms with van der Waals surface area (Å²) in [6.45, 7) is 0.117. The SMILES string of the molecule is CNC(=O)NCC1=C(C(=O)O)N2C(=O)C[C@H]2S1. The van der Waals surface area contributed by atoms with Crippen LogP contribution in [0.4, 0.5) is 4.79 Å². The Morgan fingerprint density at radius 2 is 2.29 bits per heavy atom. The number of carbonyl (C=O) groups is 3. The van der Waals surface area contributed by atoms with E-state index in [4.69, 9.17) is 5.11 Å². The summed E-state index contributed by atoms with van der Waals surface area (Å²) in [6.07, 6.45) is 0.352. The van der Waals surface area contributed by atoms with Crippen LogP contribution in [0.1, 0.15) is 6.42 Å². The second-order valence-electron chi connectivity index (χ2n) is 3.55. The highest BCUT2D eigenvalue weighted by molar-refractivity contribution is 8.04. The second kappa shape index (κ2) is 4.28. The molecule has 0 aromatic heterocycles. The van der Waals surface area contributed by atoms with Gasteiger partial charge in [-0.05, 0) is 0 Å². The van der Waals surface area contributed by atoms with Crippen molar-refractivity contribution in [3.05, 3.63) is 10.6 Å². The molecular weight excluding hydrogens is 246 g/mol. The third-order valence-electron chi connectivity index (χ3n) is 2.53. The predicted octanol–water partition coefficient (Wildman–Crippen LogP) is -0.483. The monoisotopic (exact) mass is 257 g/mol. The summed E-state index contributed by atoms with van der Waals surface area (Å²) in [6, 6.07) is -0.386. The number of thioether (sulfide) groups is 1. The fraction of sp³-hybridized carbons (Fsp3) is 0.444. The summed E-state index contributed by atoms with van der Waals surface area (Å²) in [5, 5.41) is 13.8. The molecule has 0 spiro atoms. The Kier molecular flexibility index (Phi) is 2.97. The number of fused-ring (bicyclic) bond motifs is 1. The van der Waals surface area contributed by atoms with Crippen molar-refractivity contribution in [3.8, 4) is 0 Å². The van der Waals surface area contributed by atoms with Gasteiger partial charge in [0.2, 0.25) is 5.91 Å². The van der Waals surface area contributed by atoms with Crippen molar-refractivity contribution >= 4 is 29.7 Å². The van der Waals surface area contributed by atoms with Gasteiger partial charge in [-0.1, -0.05) is 0 Å². The van der Waals surface area contributed by atoms with Crippen molar-refractivity contribution in [3.63, 3.8) is 0 Å². The smallest absolute Gasteiger partial charge is 0.353 e. The number of carbonyl (C=O) groups excluding carboxylic acids is 2. The molecule has 1 atom stereocenters. The van der Waals surface area contributed by atoms with Gasteiger partial charge >= 0.3 is 12.0 Å². The fourth-order valence-electron chi connectivity index (χ4n) is 1.70. The van der Waals surface area contributed by atoms with Gasteiger partial charge in [-0.15, -0.1) is 11.8 Å². The van der Waals surface area contributed by atoms with Crippen molar-refractivity contribution in [2.24, 2.45) is 0 Å². The van der Waals surface area contributed by atoms with Crippen LogP contribution in [0.15, 0.2) is 10.6 Å². The highest BCUT2D eigenvalue weighted by Gasteiger charge is 2.48. The molecule has 7 nitrogen and oxygen atoms in total. The molecule has 8 heteroatoms. The molecule has 2 aliphatic rings. The van der Waals surface area contributed by atoms with Crippen LogP contribution < -0.4 is 10.6 Å². The molecule has 2 rings (SSSR count). The maximum absolute atomic E-state index is 11.3. The molecule has 3 N–H and O–H groups in total. The Labute approximate surface area is 101 Å². The van der Waals surface area contributed by atoms with E-state index in [-0.39, 0.29) is 29.6 Å². The van der Waals surface area contributed by atoms with Crippen molar-refractivity contribution in [2.45, 2.75) is 11.8 Å². The van der Waals surface area contributed by atoms with Gasteiger partial charge in [-0.3, -0.25) is 9.69 Å². The number of urea groups is 1. The number of carboxylic acid groups (broad SMARTS) is 1. The molecule has 3 amide bonds. The van der Waals surface area contributed by atoms with E-state index in [1.165, 1.54) is 23.7 Å². The molecule has 0 unspecified atom stereocenters. The number of amides is 3. The van der Waals surface area contributed by atoms with Crippen LogP contribution in [0.2, 0.25) is 0 Å². The normalized spacial score (nSPS) is 22.1. The first kappa shape index (κ1) is 11.8.